The number of amides is 2. The van der Waals surface area contributed by atoms with Crippen LogP contribution in [0, 0.1) is 0 Å². The summed E-state index contributed by atoms with van der Waals surface area (Å²) in [5, 5.41) is 5.68. The molecule has 0 atom stereocenters. The van der Waals surface area contributed by atoms with E-state index >= 15 is 0 Å². The normalized spacial score (nSPS) is 10.0. The number of nitrogens with zero attached hydrogens (tertiary/aromatic N) is 1. The van der Waals surface area contributed by atoms with Gasteiger partial charge in [-0.25, -0.2) is 4.98 Å². The van der Waals surface area contributed by atoms with E-state index in [2.05, 4.69) is 15.6 Å². The molecular formula is C12H10ClN3O2S. The maximum absolute atomic E-state index is 12.0. The number of aromatic nitrogens is 1. The molecule has 5 nitrogen and oxygen atoms in total. The highest BCUT2D eigenvalue weighted by Crippen LogP contribution is 2.23. The number of thiazole rings is 1. The number of halogens is 1. The van der Waals surface area contributed by atoms with Gasteiger partial charge in [0.05, 0.1) is 6.20 Å². The monoisotopic (exact) mass is 295 g/mol. The molecule has 0 aliphatic carbocycles. The van der Waals surface area contributed by atoms with Crippen LogP contribution in [0.25, 0.3) is 0 Å². The van der Waals surface area contributed by atoms with Gasteiger partial charge >= 0.3 is 0 Å². The molecule has 0 radical (unpaired) electrons. The van der Waals surface area contributed by atoms with Crippen molar-refractivity contribution >= 4 is 45.6 Å². The molecule has 98 valence electrons. The smallest absolute Gasteiger partial charge is 0.257 e. The molecule has 0 aliphatic rings. The van der Waals surface area contributed by atoms with Crippen molar-refractivity contribution in [1.29, 1.82) is 0 Å². The van der Waals surface area contributed by atoms with E-state index in [1.165, 1.54) is 24.5 Å². The number of nitrogens with one attached hydrogen (secondary N) is 2. The fourth-order valence-electron chi connectivity index (χ4n) is 1.42. The highest BCUT2D eigenvalue weighted by Gasteiger charge is 2.09. The maximum Gasteiger partial charge on any atom is 0.257 e. The second kappa shape index (κ2) is 5.81. The zero-order valence-electron chi connectivity index (χ0n) is 9.94. The lowest BCUT2D eigenvalue weighted by Gasteiger charge is -2.05. The van der Waals surface area contributed by atoms with Gasteiger partial charge in [-0.2, -0.15) is 0 Å². The van der Waals surface area contributed by atoms with E-state index in [0.29, 0.717) is 20.7 Å². The molecule has 0 aliphatic heterocycles. The first-order valence-corrected chi connectivity index (χ1v) is 6.54. The van der Waals surface area contributed by atoms with E-state index < -0.39 is 0 Å². The second-order valence-corrected chi connectivity index (χ2v) is 5.35. The van der Waals surface area contributed by atoms with Crippen LogP contribution in [-0.2, 0) is 4.79 Å². The molecule has 2 aromatic rings. The SMILES string of the molecule is CC(=O)Nc1cccc(C(=O)Nc2ncc(Cl)s2)c1. The van der Waals surface area contributed by atoms with Crippen molar-refractivity contribution in [3.8, 4) is 0 Å². The standard InChI is InChI=1S/C12H10ClN3O2S/c1-7(17)15-9-4-2-3-8(5-9)11(18)16-12-14-6-10(13)19-12/h2-6H,1H3,(H,15,17)(H,14,16,18). The zero-order chi connectivity index (χ0) is 13.8. The Bertz CT molecular complexity index is 627. The van der Waals surface area contributed by atoms with Gasteiger partial charge in [0.15, 0.2) is 5.13 Å². The van der Waals surface area contributed by atoms with Crippen LogP contribution in [0.3, 0.4) is 0 Å². The summed E-state index contributed by atoms with van der Waals surface area (Å²) in [7, 11) is 0. The molecule has 0 unspecified atom stereocenters. The summed E-state index contributed by atoms with van der Waals surface area (Å²) in [6.07, 6.45) is 1.47. The number of carbonyl (C=O) groups excluding carboxylic acids is 2. The number of hydrogen-bond donors (Lipinski definition) is 2. The molecule has 1 aromatic heterocycles. The molecule has 1 heterocycles. The molecule has 19 heavy (non-hydrogen) atoms. The summed E-state index contributed by atoms with van der Waals surface area (Å²) in [6.45, 7) is 1.41. The Kier molecular flexibility index (Phi) is 4.13. The third kappa shape index (κ3) is 3.77. The molecule has 0 saturated heterocycles. The van der Waals surface area contributed by atoms with Crippen LogP contribution in [0.1, 0.15) is 17.3 Å². The number of hydrogen-bond acceptors (Lipinski definition) is 4. The van der Waals surface area contributed by atoms with E-state index in [-0.39, 0.29) is 11.8 Å². The summed E-state index contributed by atoms with van der Waals surface area (Å²) in [5.41, 5.74) is 0.995. The minimum atomic E-state index is -0.307. The summed E-state index contributed by atoms with van der Waals surface area (Å²) in [6, 6.07) is 6.63. The molecule has 1 aromatic carbocycles. The van der Waals surface area contributed by atoms with Gasteiger partial charge in [-0.05, 0) is 18.2 Å². The highest BCUT2D eigenvalue weighted by molar-refractivity contribution is 7.19. The number of carbonyl (C=O) groups is 2. The Labute approximate surface area is 118 Å². The van der Waals surface area contributed by atoms with Crippen LogP contribution < -0.4 is 10.6 Å². The Hall–Kier alpha value is -1.92. The van der Waals surface area contributed by atoms with E-state index in [9.17, 15) is 9.59 Å². The Morgan fingerprint density at radius 3 is 2.74 bits per heavy atom. The van der Waals surface area contributed by atoms with Crippen LogP contribution in [0.4, 0.5) is 10.8 Å². The van der Waals surface area contributed by atoms with Crippen LogP contribution in [0.2, 0.25) is 4.34 Å². The summed E-state index contributed by atoms with van der Waals surface area (Å²) < 4.78 is 0.502. The number of rotatable bonds is 3. The lowest BCUT2D eigenvalue weighted by Crippen LogP contribution is -2.12. The van der Waals surface area contributed by atoms with Crippen molar-refractivity contribution in [2.45, 2.75) is 6.92 Å². The summed E-state index contributed by atoms with van der Waals surface area (Å²) in [5.74, 6) is -0.498. The van der Waals surface area contributed by atoms with Crippen molar-refractivity contribution in [3.63, 3.8) is 0 Å². The summed E-state index contributed by atoms with van der Waals surface area (Å²) in [4.78, 5) is 26.9. The first-order chi connectivity index (χ1) is 9.04. The molecule has 0 saturated carbocycles. The van der Waals surface area contributed by atoms with Crippen LogP contribution in [0.15, 0.2) is 30.5 Å². The van der Waals surface area contributed by atoms with Gasteiger partial charge in [0, 0.05) is 18.2 Å². The molecule has 2 rings (SSSR count). The average Bonchev–Trinajstić information content (AvgIpc) is 2.74. The van der Waals surface area contributed by atoms with Gasteiger partial charge in [0.2, 0.25) is 5.91 Å². The van der Waals surface area contributed by atoms with E-state index in [1.807, 2.05) is 0 Å². The Morgan fingerprint density at radius 2 is 2.11 bits per heavy atom. The molecule has 7 heteroatoms. The van der Waals surface area contributed by atoms with Crippen LogP contribution in [0.5, 0.6) is 0 Å². The van der Waals surface area contributed by atoms with Crippen molar-refractivity contribution in [2.24, 2.45) is 0 Å². The lowest BCUT2D eigenvalue weighted by atomic mass is 10.2. The van der Waals surface area contributed by atoms with Crippen LogP contribution in [-0.4, -0.2) is 16.8 Å². The molecule has 0 spiro atoms. The maximum atomic E-state index is 12.0. The van der Waals surface area contributed by atoms with E-state index in [4.69, 9.17) is 11.6 Å². The van der Waals surface area contributed by atoms with Gasteiger partial charge in [-0.3, -0.25) is 14.9 Å². The van der Waals surface area contributed by atoms with Crippen LogP contribution >= 0.6 is 22.9 Å². The number of anilines is 2. The first-order valence-electron chi connectivity index (χ1n) is 5.35. The van der Waals surface area contributed by atoms with Gasteiger partial charge in [0.25, 0.3) is 5.91 Å². The lowest BCUT2D eigenvalue weighted by molar-refractivity contribution is -0.114. The minimum absolute atomic E-state index is 0.190. The van der Waals surface area contributed by atoms with Crippen molar-refractivity contribution in [3.05, 3.63) is 40.4 Å². The number of benzene rings is 1. The average molecular weight is 296 g/mol. The molecule has 2 N–H and O–H groups in total. The molecular weight excluding hydrogens is 286 g/mol. The van der Waals surface area contributed by atoms with Crippen molar-refractivity contribution in [2.75, 3.05) is 10.6 Å². The fraction of sp³-hybridized carbons (Fsp3) is 0.0833. The zero-order valence-corrected chi connectivity index (χ0v) is 11.5. The minimum Gasteiger partial charge on any atom is -0.326 e. The van der Waals surface area contributed by atoms with E-state index in [0.717, 1.165) is 0 Å². The topological polar surface area (TPSA) is 71.1 Å². The predicted octanol–water partition coefficient (Wildman–Crippen LogP) is 3.01. The van der Waals surface area contributed by atoms with Gasteiger partial charge in [-0.15, -0.1) is 0 Å². The van der Waals surface area contributed by atoms with Gasteiger partial charge < -0.3 is 5.32 Å². The first kappa shape index (κ1) is 13.5. The third-order valence-corrected chi connectivity index (χ3v) is 3.17. The van der Waals surface area contributed by atoms with Crippen molar-refractivity contribution < 1.29 is 9.59 Å². The summed E-state index contributed by atoms with van der Waals surface area (Å²) >= 11 is 6.91. The fourth-order valence-corrected chi connectivity index (χ4v) is 2.23. The van der Waals surface area contributed by atoms with Crippen molar-refractivity contribution in [1.82, 2.24) is 4.98 Å². The molecule has 0 fully saturated rings. The quantitative estimate of drug-likeness (QED) is 0.914. The predicted molar refractivity (Wildman–Crippen MR) is 75.8 cm³/mol. The van der Waals surface area contributed by atoms with Gasteiger partial charge in [-0.1, -0.05) is 29.0 Å². The second-order valence-electron chi connectivity index (χ2n) is 3.69. The molecule has 0 bridgehead atoms. The van der Waals surface area contributed by atoms with Gasteiger partial charge in [0.1, 0.15) is 4.34 Å². The highest BCUT2D eigenvalue weighted by atomic mass is 35.5. The Morgan fingerprint density at radius 1 is 1.32 bits per heavy atom. The Balaban J connectivity index is 2.12. The largest absolute Gasteiger partial charge is 0.326 e. The third-order valence-electron chi connectivity index (χ3n) is 2.14. The molecule has 2 amide bonds. The van der Waals surface area contributed by atoms with E-state index in [1.54, 1.807) is 24.3 Å².